The van der Waals surface area contributed by atoms with E-state index in [0.29, 0.717) is 6.54 Å². The number of hydrogen-bond donors (Lipinski definition) is 0. The van der Waals surface area contributed by atoms with Crippen molar-refractivity contribution in [2.24, 2.45) is 0 Å². The average Bonchev–Trinajstić information content (AvgIpc) is 3.04. The van der Waals surface area contributed by atoms with Crippen molar-refractivity contribution < 1.29 is 4.79 Å². The third-order valence-electron chi connectivity index (χ3n) is 4.53. The predicted molar refractivity (Wildman–Crippen MR) is 92.0 cm³/mol. The molecule has 0 N–H and O–H groups in total. The summed E-state index contributed by atoms with van der Waals surface area (Å²) in [4.78, 5) is 28.6. The summed E-state index contributed by atoms with van der Waals surface area (Å²) in [6, 6.07) is 5.62. The van der Waals surface area contributed by atoms with Crippen molar-refractivity contribution in [3.8, 4) is 0 Å². The maximum atomic E-state index is 12.7. The molecular formula is C17H23N5O2. The van der Waals surface area contributed by atoms with Gasteiger partial charge in [0.25, 0.3) is 5.56 Å². The second-order valence-electron chi connectivity index (χ2n) is 6.24. The molecule has 1 aliphatic rings. The van der Waals surface area contributed by atoms with Gasteiger partial charge in [0.15, 0.2) is 0 Å². The normalized spacial score (nSPS) is 16.8. The summed E-state index contributed by atoms with van der Waals surface area (Å²) < 4.78 is 3.42. The second-order valence-corrected chi connectivity index (χ2v) is 6.24. The van der Waals surface area contributed by atoms with Crippen LogP contribution in [0.1, 0.15) is 25.1 Å². The largest absolute Gasteiger partial charge is 0.376 e. The van der Waals surface area contributed by atoms with E-state index in [2.05, 4.69) is 22.7 Å². The summed E-state index contributed by atoms with van der Waals surface area (Å²) in [5, 5.41) is 4.13. The summed E-state index contributed by atoms with van der Waals surface area (Å²) in [6.45, 7) is 3.49. The van der Waals surface area contributed by atoms with Gasteiger partial charge in [-0.15, -0.1) is 0 Å². The first-order valence-corrected chi connectivity index (χ1v) is 8.20. The van der Waals surface area contributed by atoms with Gasteiger partial charge >= 0.3 is 0 Å². The van der Waals surface area contributed by atoms with E-state index in [-0.39, 0.29) is 24.1 Å². The molecule has 2 aromatic heterocycles. The van der Waals surface area contributed by atoms with Crippen LogP contribution in [0.3, 0.4) is 0 Å². The maximum Gasteiger partial charge on any atom is 0.269 e. The van der Waals surface area contributed by atoms with Crippen molar-refractivity contribution in [2.45, 2.75) is 32.5 Å². The van der Waals surface area contributed by atoms with E-state index in [9.17, 15) is 9.59 Å². The Morgan fingerprint density at radius 1 is 1.38 bits per heavy atom. The quantitative estimate of drug-likeness (QED) is 0.843. The molecule has 0 spiro atoms. The topological polar surface area (TPSA) is 63.4 Å². The molecule has 1 atom stereocenters. The highest BCUT2D eigenvalue weighted by atomic mass is 16.2. The Morgan fingerprint density at radius 2 is 2.17 bits per heavy atom. The molecule has 1 unspecified atom stereocenters. The molecule has 0 aromatic carbocycles. The highest BCUT2D eigenvalue weighted by molar-refractivity contribution is 5.76. The van der Waals surface area contributed by atoms with Gasteiger partial charge < -0.3 is 14.4 Å². The Bertz CT molecular complexity index is 792. The van der Waals surface area contributed by atoms with Gasteiger partial charge in [0.1, 0.15) is 6.54 Å². The van der Waals surface area contributed by atoms with Gasteiger partial charge in [-0.2, -0.15) is 5.10 Å². The van der Waals surface area contributed by atoms with Crippen LogP contribution in [0.25, 0.3) is 0 Å². The van der Waals surface area contributed by atoms with Crippen LogP contribution in [0.2, 0.25) is 0 Å². The molecule has 0 bridgehead atoms. The Kier molecular flexibility index (Phi) is 4.42. The van der Waals surface area contributed by atoms with E-state index in [1.54, 1.807) is 6.20 Å². The Morgan fingerprint density at radius 3 is 2.83 bits per heavy atom. The zero-order valence-corrected chi connectivity index (χ0v) is 14.3. The minimum Gasteiger partial charge on any atom is -0.376 e. The van der Waals surface area contributed by atoms with Gasteiger partial charge in [0, 0.05) is 45.1 Å². The Labute approximate surface area is 141 Å². The maximum absolute atomic E-state index is 12.7. The van der Waals surface area contributed by atoms with Crippen LogP contribution in [0.4, 0.5) is 5.69 Å². The van der Waals surface area contributed by atoms with Crippen LogP contribution >= 0.6 is 0 Å². The van der Waals surface area contributed by atoms with Gasteiger partial charge in [-0.25, -0.2) is 4.68 Å². The monoisotopic (exact) mass is 329 g/mol. The fourth-order valence-electron chi connectivity index (χ4n) is 3.20. The molecule has 128 valence electrons. The molecule has 3 heterocycles. The summed E-state index contributed by atoms with van der Waals surface area (Å²) in [6.07, 6.45) is 4.50. The number of carbonyl (C=O) groups excluding carboxylic acids is 1. The first-order chi connectivity index (χ1) is 11.5. The van der Waals surface area contributed by atoms with E-state index in [4.69, 9.17) is 0 Å². The molecule has 0 aliphatic carbocycles. The third kappa shape index (κ3) is 2.93. The molecule has 24 heavy (non-hydrogen) atoms. The second kappa shape index (κ2) is 6.51. The standard InChI is InChI=1S/C17H23N5O2/c1-4-14-15-6-5-7-20(15)8-9-21(14)17(24)12-22-16(23)10-13(11-18-22)19(2)3/h5-7,10-11,14H,4,8-9,12H2,1-3H3. The lowest BCUT2D eigenvalue weighted by Gasteiger charge is -2.36. The first-order valence-electron chi connectivity index (χ1n) is 8.20. The van der Waals surface area contributed by atoms with Crippen LogP contribution in [0, 0.1) is 0 Å². The molecule has 3 rings (SSSR count). The molecule has 0 saturated heterocycles. The zero-order valence-electron chi connectivity index (χ0n) is 14.3. The molecule has 1 aliphatic heterocycles. The van der Waals surface area contributed by atoms with Crippen molar-refractivity contribution in [1.82, 2.24) is 19.2 Å². The van der Waals surface area contributed by atoms with E-state index in [1.165, 1.54) is 10.7 Å². The van der Waals surface area contributed by atoms with E-state index in [0.717, 1.165) is 24.3 Å². The number of nitrogens with zero attached hydrogens (tertiary/aromatic N) is 5. The van der Waals surface area contributed by atoms with Crippen molar-refractivity contribution in [3.05, 3.63) is 46.6 Å². The molecule has 0 saturated carbocycles. The van der Waals surface area contributed by atoms with Crippen molar-refractivity contribution in [3.63, 3.8) is 0 Å². The van der Waals surface area contributed by atoms with E-state index < -0.39 is 0 Å². The zero-order chi connectivity index (χ0) is 17.3. The van der Waals surface area contributed by atoms with Gasteiger partial charge in [0.05, 0.1) is 17.9 Å². The van der Waals surface area contributed by atoms with Crippen molar-refractivity contribution in [1.29, 1.82) is 0 Å². The smallest absolute Gasteiger partial charge is 0.269 e. The molecule has 7 nitrogen and oxygen atoms in total. The lowest BCUT2D eigenvalue weighted by atomic mass is 10.1. The van der Waals surface area contributed by atoms with Crippen LogP contribution in [-0.4, -0.2) is 45.8 Å². The van der Waals surface area contributed by atoms with Crippen LogP contribution < -0.4 is 10.5 Å². The number of carbonyl (C=O) groups is 1. The number of rotatable bonds is 4. The third-order valence-corrected chi connectivity index (χ3v) is 4.53. The molecule has 7 heteroatoms. The number of fused-ring (bicyclic) bond motifs is 1. The average molecular weight is 329 g/mol. The minimum atomic E-state index is -0.261. The Balaban J connectivity index is 1.79. The highest BCUT2D eigenvalue weighted by Gasteiger charge is 2.29. The number of anilines is 1. The lowest BCUT2D eigenvalue weighted by Crippen LogP contribution is -2.44. The minimum absolute atomic E-state index is 0.0241. The van der Waals surface area contributed by atoms with Gasteiger partial charge in [0.2, 0.25) is 5.91 Å². The van der Waals surface area contributed by atoms with Gasteiger partial charge in [-0.3, -0.25) is 9.59 Å². The number of amides is 1. The van der Waals surface area contributed by atoms with Crippen LogP contribution in [-0.2, 0) is 17.9 Å². The fraction of sp³-hybridized carbons (Fsp3) is 0.471. The van der Waals surface area contributed by atoms with Crippen LogP contribution in [0.15, 0.2) is 35.4 Å². The van der Waals surface area contributed by atoms with Crippen LogP contribution in [0.5, 0.6) is 0 Å². The predicted octanol–water partition coefficient (Wildman–Crippen LogP) is 1.10. The van der Waals surface area contributed by atoms with Gasteiger partial charge in [-0.1, -0.05) is 6.92 Å². The van der Waals surface area contributed by atoms with Crippen molar-refractivity contribution >= 4 is 11.6 Å². The highest BCUT2D eigenvalue weighted by Crippen LogP contribution is 2.28. The SMILES string of the molecule is CCC1c2cccn2CCN1C(=O)Cn1ncc(N(C)C)cc1=O. The lowest BCUT2D eigenvalue weighted by molar-refractivity contribution is -0.135. The fourth-order valence-corrected chi connectivity index (χ4v) is 3.20. The Hall–Kier alpha value is -2.57. The van der Waals surface area contributed by atoms with E-state index >= 15 is 0 Å². The molecular weight excluding hydrogens is 306 g/mol. The molecule has 0 radical (unpaired) electrons. The molecule has 1 amide bonds. The summed E-state index contributed by atoms with van der Waals surface area (Å²) in [5.74, 6) is -0.0681. The summed E-state index contributed by atoms with van der Waals surface area (Å²) >= 11 is 0. The van der Waals surface area contributed by atoms with Gasteiger partial charge in [-0.05, 0) is 18.6 Å². The summed E-state index contributed by atoms with van der Waals surface area (Å²) in [7, 11) is 3.70. The van der Waals surface area contributed by atoms with Crippen molar-refractivity contribution in [2.75, 3.05) is 25.5 Å². The number of aromatic nitrogens is 3. The summed E-state index contributed by atoms with van der Waals surface area (Å²) in [5.41, 5.74) is 1.62. The molecule has 2 aromatic rings. The molecule has 0 fully saturated rings. The first kappa shape index (κ1) is 16.3. The number of hydrogen-bond acceptors (Lipinski definition) is 4. The van der Waals surface area contributed by atoms with E-state index in [1.807, 2.05) is 36.2 Å².